The van der Waals surface area contributed by atoms with E-state index in [0.29, 0.717) is 23.7 Å². The van der Waals surface area contributed by atoms with Crippen LogP contribution in [0.15, 0.2) is 48.5 Å². The summed E-state index contributed by atoms with van der Waals surface area (Å²) in [6.07, 6.45) is 0. The van der Waals surface area contributed by atoms with Crippen LogP contribution in [-0.4, -0.2) is 24.8 Å². The lowest BCUT2D eigenvalue weighted by molar-refractivity contribution is -0.122. The van der Waals surface area contributed by atoms with Crippen LogP contribution in [0.5, 0.6) is 11.5 Å². The Morgan fingerprint density at radius 2 is 1.84 bits per heavy atom. The van der Waals surface area contributed by atoms with E-state index in [4.69, 9.17) is 9.47 Å². The number of carbonyl (C=O) groups is 2. The minimum absolute atomic E-state index is 0.211. The molecule has 2 aromatic rings. The molecule has 0 bridgehead atoms. The summed E-state index contributed by atoms with van der Waals surface area (Å²) in [5, 5.41) is 8.05. The summed E-state index contributed by atoms with van der Waals surface area (Å²) in [6, 6.07) is 13.4. The van der Waals surface area contributed by atoms with Gasteiger partial charge in [0, 0.05) is 12.2 Å². The molecule has 0 aromatic heterocycles. The Balaban J connectivity index is 1.46. The van der Waals surface area contributed by atoms with E-state index in [0.717, 1.165) is 5.56 Å². The first-order valence-electron chi connectivity index (χ1n) is 7.90. The van der Waals surface area contributed by atoms with Crippen LogP contribution < -0.4 is 25.4 Å². The summed E-state index contributed by atoms with van der Waals surface area (Å²) in [7, 11) is 0. The maximum absolute atomic E-state index is 12.1. The minimum atomic E-state index is -0.669. The third-order valence-electron chi connectivity index (χ3n) is 3.68. The maximum atomic E-state index is 12.1. The van der Waals surface area contributed by atoms with Crippen molar-refractivity contribution < 1.29 is 19.1 Å². The average molecular weight is 341 g/mol. The van der Waals surface area contributed by atoms with Crippen molar-refractivity contribution in [2.24, 2.45) is 0 Å². The first-order valence-corrected chi connectivity index (χ1v) is 7.90. The second-order valence-corrected chi connectivity index (χ2v) is 5.59. The Kier molecular flexibility index (Phi) is 5.03. The summed E-state index contributed by atoms with van der Waals surface area (Å²) in [4.78, 5) is 24.0. The molecule has 3 N–H and O–H groups in total. The molecule has 7 heteroatoms. The van der Waals surface area contributed by atoms with Crippen LogP contribution in [0, 0.1) is 0 Å². The lowest BCUT2D eigenvalue weighted by atomic mass is 10.2. The Hall–Kier alpha value is -3.22. The summed E-state index contributed by atoms with van der Waals surface area (Å²) in [5.41, 5.74) is 1.55. The molecular formula is C18H19N3O4. The summed E-state index contributed by atoms with van der Waals surface area (Å²) < 4.78 is 10.5. The minimum Gasteiger partial charge on any atom is -0.454 e. The van der Waals surface area contributed by atoms with Crippen molar-refractivity contribution in [1.29, 1.82) is 0 Å². The molecule has 0 fully saturated rings. The van der Waals surface area contributed by atoms with Crippen molar-refractivity contribution in [1.82, 2.24) is 10.6 Å². The number of benzene rings is 2. The molecule has 2 aromatic carbocycles. The number of ether oxygens (including phenoxy) is 2. The van der Waals surface area contributed by atoms with Gasteiger partial charge in [0.15, 0.2) is 11.5 Å². The van der Waals surface area contributed by atoms with Gasteiger partial charge in [0.1, 0.15) is 6.04 Å². The highest BCUT2D eigenvalue weighted by Gasteiger charge is 2.17. The van der Waals surface area contributed by atoms with Crippen LogP contribution in [0.2, 0.25) is 0 Å². The number of rotatable bonds is 5. The van der Waals surface area contributed by atoms with E-state index in [1.54, 1.807) is 25.1 Å². The lowest BCUT2D eigenvalue weighted by Crippen LogP contribution is -2.46. The summed E-state index contributed by atoms with van der Waals surface area (Å²) in [6.45, 7) is 2.17. The van der Waals surface area contributed by atoms with Gasteiger partial charge in [-0.1, -0.05) is 24.3 Å². The molecule has 0 saturated heterocycles. The third kappa shape index (κ3) is 4.41. The highest BCUT2D eigenvalue weighted by molar-refractivity contribution is 5.93. The Labute approximate surface area is 145 Å². The molecule has 0 aliphatic carbocycles. The molecule has 3 rings (SSSR count). The van der Waals surface area contributed by atoms with Crippen LogP contribution in [-0.2, 0) is 11.3 Å². The summed E-state index contributed by atoms with van der Waals surface area (Å²) >= 11 is 0. The zero-order valence-corrected chi connectivity index (χ0v) is 13.7. The second-order valence-electron chi connectivity index (χ2n) is 5.59. The van der Waals surface area contributed by atoms with Gasteiger partial charge in [-0.2, -0.15) is 0 Å². The van der Waals surface area contributed by atoms with Gasteiger partial charge in [0.25, 0.3) is 0 Å². The first-order chi connectivity index (χ1) is 12.1. The van der Waals surface area contributed by atoms with Gasteiger partial charge in [-0.25, -0.2) is 4.79 Å². The molecule has 3 amide bonds. The van der Waals surface area contributed by atoms with Gasteiger partial charge < -0.3 is 25.4 Å². The van der Waals surface area contributed by atoms with Gasteiger partial charge in [-0.05, 0) is 36.8 Å². The first kappa shape index (κ1) is 16.6. The lowest BCUT2D eigenvalue weighted by Gasteiger charge is -2.15. The van der Waals surface area contributed by atoms with E-state index in [2.05, 4.69) is 16.0 Å². The quantitative estimate of drug-likeness (QED) is 0.778. The van der Waals surface area contributed by atoms with E-state index in [1.165, 1.54) is 0 Å². The van der Waals surface area contributed by atoms with Crippen LogP contribution >= 0.6 is 0 Å². The zero-order chi connectivity index (χ0) is 17.6. The SMILES string of the molecule is CC(NC(=O)Nc1ccccc1)C(=O)NCc1ccc2c(c1)OCO2. The third-order valence-corrected chi connectivity index (χ3v) is 3.68. The van der Waals surface area contributed by atoms with Crippen molar-refractivity contribution in [3.05, 3.63) is 54.1 Å². The maximum Gasteiger partial charge on any atom is 0.319 e. The smallest absolute Gasteiger partial charge is 0.319 e. The molecular weight excluding hydrogens is 322 g/mol. The van der Waals surface area contributed by atoms with Crippen molar-refractivity contribution in [3.63, 3.8) is 0 Å². The van der Waals surface area contributed by atoms with Crippen LogP contribution in [0.3, 0.4) is 0 Å². The number of hydrogen-bond donors (Lipinski definition) is 3. The number of para-hydroxylation sites is 1. The van der Waals surface area contributed by atoms with Gasteiger partial charge in [0.05, 0.1) is 0 Å². The number of carbonyl (C=O) groups excluding carboxylic acids is 2. The van der Waals surface area contributed by atoms with E-state index in [-0.39, 0.29) is 12.7 Å². The van der Waals surface area contributed by atoms with E-state index in [1.807, 2.05) is 30.3 Å². The number of amides is 3. The van der Waals surface area contributed by atoms with Gasteiger partial charge in [0.2, 0.25) is 12.7 Å². The van der Waals surface area contributed by atoms with E-state index < -0.39 is 12.1 Å². The molecule has 1 aliphatic rings. The van der Waals surface area contributed by atoms with Crippen molar-refractivity contribution >= 4 is 17.6 Å². The topological polar surface area (TPSA) is 88.7 Å². The molecule has 1 unspecified atom stereocenters. The van der Waals surface area contributed by atoms with Crippen molar-refractivity contribution in [2.75, 3.05) is 12.1 Å². The number of nitrogens with one attached hydrogen (secondary N) is 3. The second kappa shape index (κ2) is 7.57. The fraction of sp³-hybridized carbons (Fsp3) is 0.222. The van der Waals surface area contributed by atoms with Crippen LogP contribution in [0.1, 0.15) is 12.5 Å². The fourth-order valence-electron chi connectivity index (χ4n) is 2.34. The highest BCUT2D eigenvalue weighted by atomic mass is 16.7. The average Bonchev–Trinajstić information content (AvgIpc) is 3.08. The number of anilines is 1. The van der Waals surface area contributed by atoms with Gasteiger partial charge >= 0.3 is 6.03 Å². The Morgan fingerprint density at radius 1 is 1.08 bits per heavy atom. The van der Waals surface area contributed by atoms with Crippen LogP contribution in [0.4, 0.5) is 10.5 Å². The zero-order valence-electron chi connectivity index (χ0n) is 13.7. The predicted molar refractivity (Wildman–Crippen MR) is 92.5 cm³/mol. The Bertz CT molecular complexity index is 764. The molecule has 1 atom stereocenters. The largest absolute Gasteiger partial charge is 0.454 e. The fourth-order valence-corrected chi connectivity index (χ4v) is 2.34. The van der Waals surface area contributed by atoms with Crippen molar-refractivity contribution in [2.45, 2.75) is 19.5 Å². The predicted octanol–water partition coefficient (Wildman–Crippen LogP) is 2.24. The molecule has 0 saturated carbocycles. The normalized spacial score (nSPS) is 13.0. The molecule has 0 radical (unpaired) electrons. The summed E-state index contributed by atoms with van der Waals surface area (Å²) in [5.74, 6) is 1.09. The standard InChI is InChI=1S/C18H19N3O4/c1-12(20-18(23)21-14-5-3-2-4-6-14)17(22)19-10-13-7-8-15-16(9-13)25-11-24-15/h2-9,12H,10-11H2,1H3,(H,19,22)(H2,20,21,23). The molecule has 1 aliphatic heterocycles. The van der Waals surface area contributed by atoms with E-state index in [9.17, 15) is 9.59 Å². The molecule has 1 heterocycles. The molecule has 25 heavy (non-hydrogen) atoms. The van der Waals surface area contributed by atoms with Crippen LogP contribution in [0.25, 0.3) is 0 Å². The molecule has 7 nitrogen and oxygen atoms in total. The van der Waals surface area contributed by atoms with E-state index >= 15 is 0 Å². The monoisotopic (exact) mass is 341 g/mol. The van der Waals surface area contributed by atoms with Crippen molar-refractivity contribution in [3.8, 4) is 11.5 Å². The van der Waals surface area contributed by atoms with Gasteiger partial charge in [-0.3, -0.25) is 4.79 Å². The highest BCUT2D eigenvalue weighted by Crippen LogP contribution is 2.32. The molecule has 130 valence electrons. The number of hydrogen-bond acceptors (Lipinski definition) is 4. The number of fused-ring (bicyclic) bond motifs is 1. The Morgan fingerprint density at radius 3 is 2.64 bits per heavy atom. The number of urea groups is 1. The molecule has 0 spiro atoms. The van der Waals surface area contributed by atoms with Gasteiger partial charge in [-0.15, -0.1) is 0 Å².